The van der Waals surface area contributed by atoms with Gasteiger partial charge < -0.3 is 9.80 Å². The predicted molar refractivity (Wildman–Crippen MR) is 121 cm³/mol. The van der Waals surface area contributed by atoms with Crippen molar-refractivity contribution >= 4 is 46.0 Å². The van der Waals surface area contributed by atoms with E-state index in [1.54, 1.807) is 21.8 Å². The summed E-state index contributed by atoms with van der Waals surface area (Å²) in [7, 11) is 0. The molecule has 3 heterocycles. The van der Waals surface area contributed by atoms with Gasteiger partial charge in [0.1, 0.15) is 18.0 Å². The van der Waals surface area contributed by atoms with Crippen molar-refractivity contribution in [3.05, 3.63) is 76.4 Å². The minimum Gasteiger partial charge on any atom is -0.352 e. The molecule has 0 saturated carbocycles. The fourth-order valence-corrected chi connectivity index (χ4v) is 4.29. The zero-order valence-electron chi connectivity index (χ0n) is 16.8. The molecule has 0 bridgehead atoms. The highest BCUT2D eigenvalue weighted by molar-refractivity contribution is 6.33. The second-order valence-corrected chi connectivity index (χ2v) is 8.19. The Bertz CT molecular complexity index is 1300. The summed E-state index contributed by atoms with van der Waals surface area (Å²) < 4.78 is 15.9. The molecule has 0 atom stereocenters. The molecule has 1 saturated heterocycles. The van der Waals surface area contributed by atoms with E-state index in [0.717, 1.165) is 16.9 Å². The largest absolute Gasteiger partial charge is 0.352 e. The highest BCUT2D eigenvalue weighted by Crippen LogP contribution is 2.27. The maximum atomic E-state index is 14.2. The summed E-state index contributed by atoms with van der Waals surface area (Å²) in [4.78, 5) is 25.4. The van der Waals surface area contributed by atoms with Crippen LogP contribution < -0.4 is 4.90 Å². The van der Waals surface area contributed by atoms with Crippen molar-refractivity contribution < 1.29 is 9.18 Å². The van der Waals surface area contributed by atoms with Gasteiger partial charge in [-0.1, -0.05) is 35.3 Å². The number of aromatic nitrogens is 4. The molecule has 1 aliphatic rings. The number of fused-ring (bicyclic) bond motifs is 1. The third-order valence-electron chi connectivity index (χ3n) is 5.44. The van der Waals surface area contributed by atoms with Gasteiger partial charge in [-0.3, -0.25) is 4.79 Å². The van der Waals surface area contributed by atoms with Crippen LogP contribution in [0, 0.1) is 5.82 Å². The molecule has 5 rings (SSSR count). The van der Waals surface area contributed by atoms with E-state index in [-0.39, 0.29) is 10.6 Å². The van der Waals surface area contributed by atoms with E-state index in [1.165, 1.54) is 24.5 Å². The van der Waals surface area contributed by atoms with E-state index in [2.05, 4.69) is 20.0 Å². The highest BCUT2D eigenvalue weighted by atomic mass is 35.5. The molecule has 2 aromatic heterocycles. The van der Waals surface area contributed by atoms with Gasteiger partial charge in [0.2, 0.25) is 0 Å². The zero-order chi connectivity index (χ0) is 22.2. The van der Waals surface area contributed by atoms with Gasteiger partial charge in [0.05, 0.1) is 27.9 Å². The van der Waals surface area contributed by atoms with Gasteiger partial charge in [-0.2, -0.15) is 5.10 Å². The number of piperazine rings is 1. The van der Waals surface area contributed by atoms with Crippen LogP contribution in [-0.4, -0.2) is 56.7 Å². The standard InChI is InChI=1S/C22H17Cl2FN6O/c23-14-3-1-4-15(11-14)31-21-16(12-28-31)20(26-13-27-21)29-7-9-30(10-8-29)22(32)19-17(24)5-2-6-18(19)25/h1-6,11-13H,7-10H2. The third-order valence-corrected chi connectivity index (χ3v) is 5.99. The van der Waals surface area contributed by atoms with Crippen LogP contribution in [0.2, 0.25) is 10.0 Å². The van der Waals surface area contributed by atoms with Crippen molar-refractivity contribution in [2.75, 3.05) is 31.1 Å². The van der Waals surface area contributed by atoms with Gasteiger partial charge in [-0.15, -0.1) is 0 Å². The highest BCUT2D eigenvalue weighted by Gasteiger charge is 2.27. The number of amides is 1. The maximum absolute atomic E-state index is 14.2. The lowest BCUT2D eigenvalue weighted by Crippen LogP contribution is -2.49. The molecule has 2 aromatic carbocycles. The van der Waals surface area contributed by atoms with Crippen LogP contribution in [0.5, 0.6) is 0 Å². The summed E-state index contributed by atoms with van der Waals surface area (Å²) in [6.07, 6.45) is 3.22. The predicted octanol–water partition coefficient (Wildman–Crippen LogP) is 4.22. The van der Waals surface area contributed by atoms with Crippen LogP contribution in [0.25, 0.3) is 16.7 Å². The Morgan fingerprint density at radius 2 is 1.78 bits per heavy atom. The SMILES string of the molecule is O=C(c1c(F)cccc1Cl)N1CCN(c2ncnc3c2cnn3-c2cccc(Cl)c2)CC1. The van der Waals surface area contributed by atoms with Gasteiger partial charge in [0.25, 0.3) is 5.91 Å². The molecule has 4 aromatic rings. The summed E-state index contributed by atoms with van der Waals surface area (Å²) >= 11 is 12.2. The summed E-state index contributed by atoms with van der Waals surface area (Å²) in [6.45, 7) is 1.90. The number of carbonyl (C=O) groups is 1. The Balaban J connectivity index is 1.38. The number of carbonyl (C=O) groups excluding carboxylic acids is 1. The number of hydrogen-bond acceptors (Lipinski definition) is 5. The van der Waals surface area contributed by atoms with Crippen LogP contribution in [0.15, 0.2) is 55.0 Å². The van der Waals surface area contributed by atoms with E-state index in [0.29, 0.717) is 36.8 Å². The molecular formula is C22H17Cl2FN6O. The summed E-state index contributed by atoms with van der Waals surface area (Å²) in [5.74, 6) is -0.287. The van der Waals surface area contributed by atoms with Crippen molar-refractivity contribution in [3.63, 3.8) is 0 Å². The number of halogens is 3. The molecule has 7 nitrogen and oxygen atoms in total. The number of benzene rings is 2. The van der Waals surface area contributed by atoms with Crippen molar-refractivity contribution in [2.45, 2.75) is 0 Å². The summed E-state index contributed by atoms with van der Waals surface area (Å²) in [5.41, 5.74) is 1.37. The van der Waals surface area contributed by atoms with Gasteiger partial charge in [0, 0.05) is 31.2 Å². The first-order valence-electron chi connectivity index (χ1n) is 9.96. The van der Waals surface area contributed by atoms with E-state index < -0.39 is 11.7 Å². The number of rotatable bonds is 3. The molecule has 0 aliphatic carbocycles. The van der Waals surface area contributed by atoms with E-state index in [4.69, 9.17) is 23.2 Å². The molecule has 1 aliphatic heterocycles. The van der Waals surface area contributed by atoms with E-state index in [1.807, 2.05) is 18.2 Å². The third kappa shape index (κ3) is 3.65. The average Bonchev–Trinajstić information content (AvgIpc) is 3.23. The number of hydrogen-bond donors (Lipinski definition) is 0. The summed E-state index contributed by atoms with van der Waals surface area (Å²) in [5, 5.41) is 5.99. The minimum atomic E-state index is -0.615. The lowest BCUT2D eigenvalue weighted by molar-refractivity contribution is 0.0742. The number of nitrogens with zero attached hydrogens (tertiary/aromatic N) is 6. The quantitative estimate of drug-likeness (QED) is 0.448. The van der Waals surface area contributed by atoms with Crippen molar-refractivity contribution in [1.82, 2.24) is 24.6 Å². The van der Waals surface area contributed by atoms with Crippen LogP contribution in [0.3, 0.4) is 0 Å². The second kappa shape index (κ2) is 8.37. The minimum absolute atomic E-state index is 0.0881. The smallest absolute Gasteiger partial charge is 0.258 e. The molecule has 0 N–H and O–H groups in total. The molecular weight excluding hydrogens is 454 g/mol. The van der Waals surface area contributed by atoms with Gasteiger partial charge >= 0.3 is 0 Å². The van der Waals surface area contributed by atoms with E-state index >= 15 is 0 Å². The van der Waals surface area contributed by atoms with Gasteiger partial charge in [0.15, 0.2) is 5.65 Å². The van der Waals surface area contributed by atoms with Crippen LogP contribution >= 0.6 is 23.2 Å². The van der Waals surface area contributed by atoms with E-state index in [9.17, 15) is 9.18 Å². The van der Waals surface area contributed by atoms with Crippen LogP contribution in [0.1, 0.15) is 10.4 Å². The van der Waals surface area contributed by atoms with Crippen molar-refractivity contribution in [3.8, 4) is 5.69 Å². The molecule has 1 amide bonds. The van der Waals surface area contributed by atoms with Crippen LogP contribution in [0.4, 0.5) is 10.2 Å². The fraction of sp³-hybridized carbons (Fsp3) is 0.182. The monoisotopic (exact) mass is 470 g/mol. The fourth-order valence-electron chi connectivity index (χ4n) is 3.86. The molecule has 162 valence electrons. The van der Waals surface area contributed by atoms with Crippen LogP contribution in [-0.2, 0) is 0 Å². The first-order chi connectivity index (χ1) is 15.5. The lowest BCUT2D eigenvalue weighted by Gasteiger charge is -2.35. The molecule has 0 radical (unpaired) electrons. The molecule has 0 spiro atoms. The maximum Gasteiger partial charge on any atom is 0.258 e. The Morgan fingerprint density at radius 3 is 2.53 bits per heavy atom. The van der Waals surface area contributed by atoms with Crippen molar-refractivity contribution in [2.24, 2.45) is 0 Å². The normalized spacial score (nSPS) is 14.2. The lowest BCUT2D eigenvalue weighted by atomic mass is 10.1. The molecule has 1 fully saturated rings. The first-order valence-corrected chi connectivity index (χ1v) is 10.7. The van der Waals surface area contributed by atoms with Gasteiger partial charge in [-0.05, 0) is 30.3 Å². The Kier molecular flexibility index (Phi) is 5.40. The Labute approximate surface area is 193 Å². The van der Waals surface area contributed by atoms with Gasteiger partial charge in [-0.25, -0.2) is 19.0 Å². The molecule has 10 heteroatoms. The molecule has 32 heavy (non-hydrogen) atoms. The Morgan fingerprint density at radius 1 is 1.00 bits per heavy atom. The molecule has 0 unspecified atom stereocenters. The van der Waals surface area contributed by atoms with Crippen molar-refractivity contribution in [1.29, 1.82) is 0 Å². The zero-order valence-corrected chi connectivity index (χ0v) is 18.3. The topological polar surface area (TPSA) is 67.2 Å². The number of anilines is 1. The average molecular weight is 471 g/mol. The summed E-state index contributed by atoms with van der Waals surface area (Å²) in [6, 6.07) is 11.6. The first kappa shape index (κ1) is 20.7. The second-order valence-electron chi connectivity index (χ2n) is 7.35. The Hall–Kier alpha value is -3.23.